The number of hydrogen-bond donors (Lipinski definition) is 2. The van der Waals surface area contributed by atoms with Gasteiger partial charge in [-0.05, 0) is 80.8 Å². The summed E-state index contributed by atoms with van der Waals surface area (Å²) in [5, 5.41) is 6.57. The van der Waals surface area contributed by atoms with Crippen LogP contribution >= 0.6 is 0 Å². The topological polar surface area (TPSA) is 96.9 Å². The number of esters is 1. The maximum absolute atomic E-state index is 12.3. The van der Waals surface area contributed by atoms with Gasteiger partial charge in [-0.2, -0.15) is 5.10 Å². The molecule has 3 aromatic carbocycles. The Labute approximate surface area is 192 Å². The molecule has 0 aliphatic heterocycles. The number of benzene rings is 3. The van der Waals surface area contributed by atoms with Gasteiger partial charge in [0.25, 0.3) is 0 Å². The first-order valence-electron chi connectivity index (χ1n) is 10.4. The van der Waals surface area contributed by atoms with Gasteiger partial charge in [0.1, 0.15) is 5.75 Å². The normalized spacial score (nSPS) is 11.0. The number of ether oxygens (including phenoxy) is 1. The molecule has 0 heterocycles. The SMILES string of the molecule is C/C(=N\NC(=O)C(=O)Nc1ccc(C)cc1C)c1ccc(OC(=O)c2ccccc2C)cc1. The van der Waals surface area contributed by atoms with E-state index in [-0.39, 0.29) is 0 Å². The van der Waals surface area contributed by atoms with Gasteiger partial charge in [0.05, 0.1) is 11.3 Å². The van der Waals surface area contributed by atoms with Gasteiger partial charge >= 0.3 is 17.8 Å². The molecule has 3 rings (SSSR count). The van der Waals surface area contributed by atoms with Crippen LogP contribution in [0.2, 0.25) is 0 Å². The van der Waals surface area contributed by atoms with Crippen molar-refractivity contribution < 1.29 is 19.1 Å². The molecule has 0 radical (unpaired) electrons. The van der Waals surface area contributed by atoms with Crippen molar-refractivity contribution in [3.05, 3.63) is 94.5 Å². The van der Waals surface area contributed by atoms with Crippen LogP contribution in [0, 0.1) is 20.8 Å². The summed E-state index contributed by atoms with van der Waals surface area (Å²) in [6, 6.07) is 19.4. The lowest BCUT2D eigenvalue weighted by Crippen LogP contribution is -2.33. The molecule has 33 heavy (non-hydrogen) atoms. The largest absolute Gasteiger partial charge is 0.423 e. The summed E-state index contributed by atoms with van der Waals surface area (Å²) in [6.07, 6.45) is 0. The van der Waals surface area contributed by atoms with E-state index in [1.165, 1.54) is 0 Å². The minimum absolute atomic E-state index is 0.386. The molecule has 7 nitrogen and oxygen atoms in total. The summed E-state index contributed by atoms with van der Waals surface area (Å²) in [7, 11) is 0. The van der Waals surface area contributed by atoms with Crippen molar-refractivity contribution in [2.24, 2.45) is 5.10 Å². The fraction of sp³-hybridized carbons (Fsp3) is 0.154. The minimum atomic E-state index is -0.877. The standard InChI is InChI=1S/C26H25N3O4/c1-16-9-14-23(18(3)15-16)27-24(30)25(31)29-28-19(4)20-10-12-21(13-11-20)33-26(32)22-8-6-5-7-17(22)2/h5-15H,1-4H3,(H,27,30)(H,29,31)/b28-19+. The average molecular weight is 444 g/mol. The fourth-order valence-electron chi connectivity index (χ4n) is 3.11. The zero-order valence-corrected chi connectivity index (χ0v) is 18.9. The number of hydrazone groups is 1. The van der Waals surface area contributed by atoms with Gasteiger partial charge in [0, 0.05) is 5.69 Å². The Morgan fingerprint density at radius 1 is 0.818 bits per heavy atom. The Morgan fingerprint density at radius 3 is 2.18 bits per heavy atom. The number of nitrogens with one attached hydrogen (secondary N) is 2. The van der Waals surface area contributed by atoms with E-state index in [9.17, 15) is 14.4 Å². The quantitative estimate of drug-likeness (QED) is 0.202. The van der Waals surface area contributed by atoms with Crippen molar-refractivity contribution in [1.82, 2.24) is 5.43 Å². The molecule has 0 aromatic heterocycles. The molecule has 3 aromatic rings. The smallest absolute Gasteiger partial charge is 0.343 e. The number of hydrogen-bond acceptors (Lipinski definition) is 5. The van der Waals surface area contributed by atoms with Gasteiger partial charge in [-0.1, -0.05) is 35.9 Å². The second kappa shape index (κ2) is 10.4. The van der Waals surface area contributed by atoms with Crippen molar-refractivity contribution >= 4 is 29.2 Å². The van der Waals surface area contributed by atoms with Crippen LogP contribution in [-0.2, 0) is 9.59 Å². The lowest BCUT2D eigenvalue weighted by Gasteiger charge is -2.09. The first-order valence-corrected chi connectivity index (χ1v) is 10.4. The molecule has 2 N–H and O–H groups in total. The zero-order chi connectivity index (χ0) is 24.0. The van der Waals surface area contributed by atoms with Gasteiger partial charge in [0.2, 0.25) is 0 Å². The summed E-state index contributed by atoms with van der Waals surface area (Å²) < 4.78 is 5.42. The van der Waals surface area contributed by atoms with E-state index >= 15 is 0 Å². The molecule has 0 bridgehead atoms. The van der Waals surface area contributed by atoms with Crippen molar-refractivity contribution in [2.75, 3.05) is 5.32 Å². The monoisotopic (exact) mass is 443 g/mol. The Hall–Kier alpha value is -4.26. The van der Waals surface area contributed by atoms with Crippen LogP contribution in [0.3, 0.4) is 0 Å². The minimum Gasteiger partial charge on any atom is -0.423 e. The number of nitrogens with zero attached hydrogens (tertiary/aromatic N) is 1. The molecule has 2 amide bonds. The molecule has 0 aliphatic carbocycles. The predicted molar refractivity (Wildman–Crippen MR) is 127 cm³/mol. The molecule has 0 atom stereocenters. The highest BCUT2D eigenvalue weighted by atomic mass is 16.5. The first-order chi connectivity index (χ1) is 15.7. The molecule has 0 unspecified atom stereocenters. The van der Waals surface area contributed by atoms with Crippen LogP contribution in [0.1, 0.15) is 39.5 Å². The van der Waals surface area contributed by atoms with E-state index in [0.717, 1.165) is 16.7 Å². The van der Waals surface area contributed by atoms with Crippen molar-refractivity contribution in [3.63, 3.8) is 0 Å². The summed E-state index contributed by atoms with van der Waals surface area (Å²) >= 11 is 0. The summed E-state index contributed by atoms with van der Waals surface area (Å²) in [5.41, 5.74) is 7.26. The second-order valence-electron chi connectivity index (χ2n) is 7.64. The first kappa shape index (κ1) is 23.4. The molecule has 7 heteroatoms. The predicted octanol–water partition coefficient (Wildman–Crippen LogP) is 4.31. The Kier molecular flexibility index (Phi) is 7.35. The van der Waals surface area contributed by atoms with Crippen molar-refractivity contribution in [1.29, 1.82) is 0 Å². The summed E-state index contributed by atoms with van der Waals surface area (Å²) in [6.45, 7) is 7.33. The summed E-state index contributed by atoms with van der Waals surface area (Å²) in [5.74, 6) is -1.74. The van der Waals surface area contributed by atoms with Crippen molar-refractivity contribution in [3.8, 4) is 5.75 Å². The highest BCUT2D eigenvalue weighted by Crippen LogP contribution is 2.17. The van der Waals surface area contributed by atoms with E-state index < -0.39 is 17.8 Å². The van der Waals surface area contributed by atoms with Gasteiger partial charge in [-0.3, -0.25) is 9.59 Å². The van der Waals surface area contributed by atoms with Crippen LogP contribution in [-0.4, -0.2) is 23.5 Å². The maximum Gasteiger partial charge on any atom is 0.343 e. The molecule has 0 spiro atoms. The Balaban J connectivity index is 1.59. The van der Waals surface area contributed by atoms with E-state index in [1.807, 2.05) is 45.0 Å². The van der Waals surface area contributed by atoms with Crippen molar-refractivity contribution in [2.45, 2.75) is 27.7 Å². The van der Waals surface area contributed by atoms with E-state index in [2.05, 4.69) is 15.8 Å². The van der Waals surface area contributed by atoms with Crippen LogP contribution in [0.4, 0.5) is 5.69 Å². The number of carbonyl (C=O) groups excluding carboxylic acids is 3. The van der Waals surface area contributed by atoms with Gasteiger partial charge in [0.15, 0.2) is 0 Å². The van der Waals surface area contributed by atoms with Crippen LogP contribution in [0.15, 0.2) is 71.8 Å². The molecule has 168 valence electrons. The van der Waals surface area contributed by atoms with Gasteiger partial charge in [-0.25, -0.2) is 10.2 Å². The molecular formula is C26H25N3O4. The van der Waals surface area contributed by atoms with Crippen LogP contribution < -0.4 is 15.5 Å². The number of carbonyl (C=O) groups is 3. The second-order valence-corrected chi connectivity index (χ2v) is 7.64. The van der Waals surface area contributed by atoms with E-state index in [0.29, 0.717) is 28.3 Å². The van der Waals surface area contributed by atoms with Gasteiger partial charge < -0.3 is 10.1 Å². The van der Waals surface area contributed by atoms with Crippen LogP contribution in [0.25, 0.3) is 0 Å². The molecule has 0 saturated heterocycles. The highest BCUT2D eigenvalue weighted by Gasteiger charge is 2.15. The molecule has 0 aliphatic rings. The fourth-order valence-corrected chi connectivity index (χ4v) is 3.11. The maximum atomic E-state index is 12.3. The number of anilines is 1. The molecule has 0 fully saturated rings. The lowest BCUT2D eigenvalue weighted by atomic mass is 10.1. The Bertz CT molecular complexity index is 1230. The number of aryl methyl sites for hydroxylation is 3. The zero-order valence-electron chi connectivity index (χ0n) is 18.9. The Morgan fingerprint density at radius 2 is 1.52 bits per heavy atom. The van der Waals surface area contributed by atoms with E-state index in [1.54, 1.807) is 49.4 Å². The lowest BCUT2D eigenvalue weighted by molar-refractivity contribution is -0.136. The number of rotatable bonds is 5. The van der Waals surface area contributed by atoms with Gasteiger partial charge in [-0.15, -0.1) is 0 Å². The third-order valence-corrected chi connectivity index (χ3v) is 5.01. The summed E-state index contributed by atoms with van der Waals surface area (Å²) in [4.78, 5) is 36.6. The highest BCUT2D eigenvalue weighted by molar-refractivity contribution is 6.39. The average Bonchev–Trinajstić information content (AvgIpc) is 2.79. The third kappa shape index (κ3) is 6.13. The molecule has 0 saturated carbocycles. The van der Waals surface area contributed by atoms with E-state index in [4.69, 9.17) is 4.74 Å². The number of amides is 2. The third-order valence-electron chi connectivity index (χ3n) is 5.01. The van der Waals surface area contributed by atoms with Crippen LogP contribution in [0.5, 0.6) is 5.75 Å². The molecular weight excluding hydrogens is 418 g/mol.